The van der Waals surface area contributed by atoms with Crippen molar-refractivity contribution >= 4 is 22.0 Å². The molecule has 0 saturated carbocycles. The molecule has 1 aromatic heterocycles. The number of halogens is 1. The standard InChI is InChI=1S/C17H20BrN3O2/c1-17(2,3)23-16(22)20-10-15(11-20)21-9-13(8-19-21)12-4-6-14(18)7-5-12/h4-9,15H,10-11H2,1-3H3. The predicted octanol–water partition coefficient (Wildman–Crippen LogP) is 4.10. The summed E-state index contributed by atoms with van der Waals surface area (Å²) in [5, 5.41) is 4.43. The monoisotopic (exact) mass is 377 g/mol. The minimum Gasteiger partial charge on any atom is -0.444 e. The Kier molecular flexibility index (Phi) is 4.19. The number of carbonyl (C=O) groups is 1. The van der Waals surface area contributed by atoms with Crippen LogP contribution in [0.25, 0.3) is 11.1 Å². The highest BCUT2D eigenvalue weighted by Crippen LogP contribution is 2.26. The fourth-order valence-corrected chi connectivity index (χ4v) is 2.69. The van der Waals surface area contributed by atoms with Crippen LogP contribution in [-0.4, -0.2) is 39.5 Å². The van der Waals surface area contributed by atoms with E-state index in [1.807, 2.05) is 50.0 Å². The van der Waals surface area contributed by atoms with Gasteiger partial charge >= 0.3 is 6.09 Å². The summed E-state index contributed by atoms with van der Waals surface area (Å²) in [4.78, 5) is 13.7. The molecule has 2 heterocycles. The van der Waals surface area contributed by atoms with Gasteiger partial charge in [0.15, 0.2) is 0 Å². The van der Waals surface area contributed by atoms with E-state index in [2.05, 4.69) is 33.2 Å². The van der Waals surface area contributed by atoms with E-state index in [0.717, 1.165) is 15.6 Å². The van der Waals surface area contributed by atoms with Crippen molar-refractivity contribution < 1.29 is 9.53 Å². The van der Waals surface area contributed by atoms with Crippen molar-refractivity contribution in [1.82, 2.24) is 14.7 Å². The first-order valence-electron chi connectivity index (χ1n) is 7.60. The molecule has 0 radical (unpaired) electrons. The molecule has 3 rings (SSSR count). The number of hydrogen-bond donors (Lipinski definition) is 0. The number of benzene rings is 1. The Balaban J connectivity index is 1.61. The Labute approximate surface area is 144 Å². The first kappa shape index (κ1) is 16.1. The van der Waals surface area contributed by atoms with E-state index in [1.165, 1.54) is 0 Å². The van der Waals surface area contributed by atoms with E-state index in [0.29, 0.717) is 13.1 Å². The Morgan fingerprint density at radius 1 is 1.22 bits per heavy atom. The molecular formula is C17H20BrN3O2. The summed E-state index contributed by atoms with van der Waals surface area (Å²) in [7, 11) is 0. The van der Waals surface area contributed by atoms with E-state index in [4.69, 9.17) is 4.74 Å². The van der Waals surface area contributed by atoms with Crippen LogP contribution in [0.5, 0.6) is 0 Å². The Bertz CT molecular complexity index is 697. The van der Waals surface area contributed by atoms with Crippen molar-refractivity contribution in [3.63, 3.8) is 0 Å². The molecule has 0 unspecified atom stereocenters. The van der Waals surface area contributed by atoms with Gasteiger partial charge in [0, 0.05) is 29.3 Å². The number of nitrogens with zero attached hydrogens (tertiary/aromatic N) is 3. The van der Waals surface area contributed by atoms with Gasteiger partial charge in [0.2, 0.25) is 0 Å². The highest BCUT2D eigenvalue weighted by molar-refractivity contribution is 9.10. The van der Waals surface area contributed by atoms with Gasteiger partial charge in [-0.2, -0.15) is 5.10 Å². The van der Waals surface area contributed by atoms with Crippen molar-refractivity contribution in [3.8, 4) is 11.1 Å². The lowest BCUT2D eigenvalue weighted by molar-refractivity contribution is -0.000380. The van der Waals surface area contributed by atoms with Crippen LogP contribution in [0.4, 0.5) is 4.79 Å². The maximum Gasteiger partial charge on any atom is 0.410 e. The van der Waals surface area contributed by atoms with Gasteiger partial charge in [0.1, 0.15) is 5.60 Å². The van der Waals surface area contributed by atoms with Gasteiger partial charge in [-0.1, -0.05) is 28.1 Å². The van der Waals surface area contributed by atoms with E-state index in [1.54, 1.807) is 4.90 Å². The van der Waals surface area contributed by atoms with Gasteiger partial charge in [-0.25, -0.2) is 4.79 Å². The third kappa shape index (κ3) is 3.75. The third-order valence-corrected chi connectivity index (χ3v) is 4.20. The first-order chi connectivity index (χ1) is 10.8. The average molecular weight is 378 g/mol. The number of amides is 1. The van der Waals surface area contributed by atoms with Gasteiger partial charge in [0.05, 0.1) is 12.2 Å². The molecule has 0 bridgehead atoms. The molecule has 1 aromatic carbocycles. The number of carbonyl (C=O) groups excluding carboxylic acids is 1. The molecule has 0 aliphatic carbocycles. The zero-order valence-electron chi connectivity index (χ0n) is 13.5. The molecular weight excluding hydrogens is 358 g/mol. The summed E-state index contributed by atoms with van der Waals surface area (Å²) in [6.07, 6.45) is 3.63. The van der Waals surface area contributed by atoms with Crippen LogP contribution >= 0.6 is 15.9 Å². The molecule has 0 atom stereocenters. The maximum atomic E-state index is 11.9. The van der Waals surface area contributed by atoms with Crippen LogP contribution < -0.4 is 0 Å². The fraction of sp³-hybridized carbons (Fsp3) is 0.412. The van der Waals surface area contributed by atoms with Crippen LogP contribution in [0.1, 0.15) is 26.8 Å². The Morgan fingerprint density at radius 3 is 2.48 bits per heavy atom. The van der Waals surface area contributed by atoms with Crippen LogP contribution in [0.2, 0.25) is 0 Å². The highest BCUT2D eigenvalue weighted by atomic mass is 79.9. The molecule has 0 N–H and O–H groups in total. The number of likely N-dealkylation sites (tertiary alicyclic amines) is 1. The van der Waals surface area contributed by atoms with Crippen LogP contribution in [0.3, 0.4) is 0 Å². The highest BCUT2D eigenvalue weighted by Gasteiger charge is 2.35. The lowest BCUT2D eigenvalue weighted by atomic mass is 10.1. The maximum absolute atomic E-state index is 11.9. The molecule has 1 fully saturated rings. The first-order valence-corrected chi connectivity index (χ1v) is 8.39. The summed E-state index contributed by atoms with van der Waals surface area (Å²) in [6.45, 7) is 6.90. The number of rotatable bonds is 2. The summed E-state index contributed by atoms with van der Waals surface area (Å²) in [5.41, 5.74) is 1.75. The molecule has 0 spiro atoms. The quantitative estimate of drug-likeness (QED) is 0.791. The predicted molar refractivity (Wildman–Crippen MR) is 92.2 cm³/mol. The van der Waals surface area contributed by atoms with E-state index < -0.39 is 5.60 Å². The van der Waals surface area contributed by atoms with Crippen molar-refractivity contribution in [2.24, 2.45) is 0 Å². The third-order valence-electron chi connectivity index (χ3n) is 3.67. The van der Waals surface area contributed by atoms with Crippen molar-refractivity contribution in [3.05, 3.63) is 41.1 Å². The van der Waals surface area contributed by atoms with Crippen LogP contribution in [-0.2, 0) is 4.74 Å². The number of hydrogen-bond acceptors (Lipinski definition) is 3. The second-order valence-corrected chi connectivity index (χ2v) is 7.67. The lowest BCUT2D eigenvalue weighted by Crippen LogP contribution is -2.52. The van der Waals surface area contributed by atoms with Crippen LogP contribution in [0, 0.1) is 0 Å². The van der Waals surface area contributed by atoms with Gasteiger partial charge in [-0.05, 0) is 38.5 Å². The molecule has 6 heteroatoms. The van der Waals surface area contributed by atoms with E-state index in [-0.39, 0.29) is 12.1 Å². The molecule has 1 amide bonds. The van der Waals surface area contributed by atoms with Crippen molar-refractivity contribution in [1.29, 1.82) is 0 Å². The second-order valence-electron chi connectivity index (χ2n) is 6.76. The average Bonchev–Trinajstić information content (AvgIpc) is 2.85. The molecule has 5 nitrogen and oxygen atoms in total. The molecule has 2 aromatic rings. The zero-order chi connectivity index (χ0) is 16.6. The second kappa shape index (κ2) is 6.00. The van der Waals surface area contributed by atoms with E-state index >= 15 is 0 Å². The molecule has 1 saturated heterocycles. The van der Waals surface area contributed by atoms with Gasteiger partial charge in [-0.3, -0.25) is 4.68 Å². The minimum atomic E-state index is -0.456. The van der Waals surface area contributed by atoms with Crippen molar-refractivity contribution in [2.45, 2.75) is 32.4 Å². The summed E-state index contributed by atoms with van der Waals surface area (Å²) >= 11 is 3.44. The Morgan fingerprint density at radius 2 is 1.87 bits per heavy atom. The largest absolute Gasteiger partial charge is 0.444 e. The van der Waals surface area contributed by atoms with Gasteiger partial charge in [-0.15, -0.1) is 0 Å². The van der Waals surface area contributed by atoms with Crippen molar-refractivity contribution in [2.75, 3.05) is 13.1 Å². The topological polar surface area (TPSA) is 47.4 Å². The zero-order valence-corrected chi connectivity index (χ0v) is 15.1. The number of ether oxygens (including phenoxy) is 1. The molecule has 122 valence electrons. The summed E-state index contributed by atoms with van der Waals surface area (Å²) in [6, 6.07) is 8.35. The lowest BCUT2D eigenvalue weighted by Gasteiger charge is -2.39. The fourth-order valence-electron chi connectivity index (χ4n) is 2.43. The van der Waals surface area contributed by atoms with Crippen LogP contribution in [0.15, 0.2) is 41.1 Å². The molecule has 1 aliphatic rings. The van der Waals surface area contributed by atoms with E-state index in [9.17, 15) is 4.79 Å². The Hall–Kier alpha value is -1.82. The molecule has 23 heavy (non-hydrogen) atoms. The van der Waals surface area contributed by atoms with Gasteiger partial charge < -0.3 is 9.64 Å². The SMILES string of the molecule is CC(C)(C)OC(=O)N1CC(n2cc(-c3ccc(Br)cc3)cn2)C1. The molecule has 1 aliphatic heterocycles. The smallest absolute Gasteiger partial charge is 0.410 e. The normalized spacial score (nSPS) is 15.4. The summed E-state index contributed by atoms with van der Waals surface area (Å²) < 4.78 is 8.35. The minimum absolute atomic E-state index is 0.215. The number of aromatic nitrogens is 2. The van der Waals surface area contributed by atoms with Gasteiger partial charge in [0.25, 0.3) is 0 Å². The summed E-state index contributed by atoms with van der Waals surface area (Å²) in [5.74, 6) is 0.